The van der Waals surface area contributed by atoms with Crippen LogP contribution in [0.25, 0.3) is 16.5 Å². The standard InChI is InChI=1S/C29H31ClN6O3/c1-28(2,31-4)39-27(37)36-13-11-35(12-14-36)26-21-9-8-20(30)16-22(21)23(15-19-7-6-10-33-25(19)26)29(3,38)24-17-32-18-34(24)5/h6-10,15-18,26,38H,11-14H2,1-3,5H3/t26-,29+/m0/s1. The Morgan fingerprint density at radius 2 is 1.95 bits per heavy atom. The Labute approximate surface area is 233 Å². The second-order valence-electron chi connectivity index (χ2n) is 10.6. The Kier molecular flexibility index (Phi) is 6.97. The van der Waals surface area contributed by atoms with E-state index in [0.29, 0.717) is 42.5 Å². The lowest BCUT2D eigenvalue weighted by Crippen LogP contribution is -2.51. The van der Waals surface area contributed by atoms with E-state index in [4.69, 9.17) is 27.9 Å². The molecule has 0 saturated carbocycles. The summed E-state index contributed by atoms with van der Waals surface area (Å²) in [5.74, 6) is 0. The molecule has 39 heavy (non-hydrogen) atoms. The molecule has 1 aromatic carbocycles. The average Bonchev–Trinajstić information content (AvgIpc) is 3.29. The molecule has 1 aliphatic carbocycles. The number of hydrogen-bond acceptors (Lipinski definition) is 6. The van der Waals surface area contributed by atoms with Crippen molar-refractivity contribution in [3.05, 3.63) is 93.6 Å². The number of nitrogens with zero attached hydrogens (tertiary/aromatic N) is 6. The summed E-state index contributed by atoms with van der Waals surface area (Å²) in [5, 5.41) is 12.6. The molecule has 1 fully saturated rings. The predicted molar refractivity (Wildman–Crippen MR) is 148 cm³/mol. The van der Waals surface area contributed by atoms with E-state index in [1.165, 1.54) is 0 Å². The van der Waals surface area contributed by atoms with Gasteiger partial charge in [0.15, 0.2) is 0 Å². The number of aromatic nitrogens is 3. The number of amides is 1. The molecule has 3 aromatic rings. The quantitative estimate of drug-likeness (QED) is 0.476. The fraction of sp³-hybridized carbons (Fsp3) is 0.379. The van der Waals surface area contributed by atoms with Crippen molar-refractivity contribution in [3.8, 4) is 0 Å². The molecule has 202 valence electrons. The van der Waals surface area contributed by atoms with E-state index in [0.717, 1.165) is 22.4 Å². The largest absolute Gasteiger partial charge is 0.415 e. The Bertz CT molecular complexity index is 1480. The van der Waals surface area contributed by atoms with Crippen LogP contribution in [0, 0.1) is 6.57 Å². The van der Waals surface area contributed by atoms with Crippen molar-refractivity contribution >= 4 is 29.3 Å². The summed E-state index contributed by atoms with van der Waals surface area (Å²) in [6.07, 6.45) is 6.62. The van der Waals surface area contributed by atoms with Gasteiger partial charge in [-0.05, 0) is 53.5 Å². The van der Waals surface area contributed by atoms with Crippen LogP contribution in [0.5, 0.6) is 0 Å². The van der Waals surface area contributed by atoms with Gasteiger partial charge >= 0.3 is 11.8 Å². The number of aliphatic hydroxyl groups is 1. The Morgan fingerprint density at radius 3 is 2.62 bits per heavy atom. The average molecular weight is 547 g/mol. The second kappa shape index (κ2) is 10.1. The van der Waals surface area contributed by atoms with Gasteiger partial charge in [0.1, 0.15) is 5.60 Å². The summed E-state index contributed by atoms with van der Waals surface area (Å²) in [5.41, 5.74) is 2.33. The van der Waals surface area contributed by atoms with Crippen molar-refractivity contribution in [2.75, 3.05) is 26.2 Å². The van der Waals surface area contributed by atoms with Crippen LogP contribution in [0.4, 0.5) is 4.79 Å². The first-order valence-corrected chi connectivity index (χ1v) is 13.2. The molecule has 1 aliphatic heterocycles. The van der Waals surface area contributed by atoms with Gasteiger partial charge in [-0.25, -0.2) is 16.4 Å². The molecule has 1 amide bonds. The molecule has 0 unspecified atom stereocenters. The molecule has 2 atom stereocenters. The Balaban J connectivity index is 1.55. The van der Waals surface area contributed by atoms with Crippen LogP contribution in [-0.4, -0.2) is 67.4 Å². The molecule has 2 aromatic heterocycles. The van der Waals surface area contributed by atoms with E-state index < -0.39 is 17.4 Å². The molecule has 0 radical (unpaired) electrons. The number of carbonyl (C=O) groups is 1. The second-order valence-corrected chi connectivity index (χ2v) is 11.0. The van der Waals surface area contributed by atoms with Gasteiger partial charge in [0, 0.05) is 44.4 Å². The number of carbonyl (C=O) groups excluding carboxylic acids is 1. The van der Waals surface area contributed by atoms with Gasteiger partial charge in [-0.2, -0.15) is 0 Å². The third kappa shape index (κ3) is 5.03. The topological polar surface area (TPSA) is 88.1 Å². The molecule has 0 spiro atoms. The first kappa shape index (κ1) is 26.9. The number of rotatable bonds is 4. The molecule has 5 rings (SSSR count). The SMILES string of the molecule is [C-]#[N+]C(C)(C)OC(=O)N1CCN([C@H]2c3ccc(Cl)cc3C([C@@](C)(O)c3cncn3C)=Cc3cccnc32)CC1. The summed E-state index contributed by atoms with van der Waals surface area (Å²) in [6, 6.07) is 9.41. The third-order valence-corrected chi connectivity index (χ3v) is 7.65. The zero-order valence-corrected chi connectivity index (χ0v) is 23.2. The number of aryl methyl sites for hydroxylation is 1. The molecule has 9 nitrogen and oxygen atoms in total. The van der Waals surface area contributed by atoms with E-state index >= 15 is 0 Å². The van der Waals surface area contributed by atoms with Gasteiger partial charge in [0.2, 0.25) is 0 Å². The zero-order chi connectivity index (χ0) is 27.9. The summed E-state index contributed by atoms with van der Waals surface area (Å²) >= 11 is 6.53. The summed E-state index contributed by atoms with van der Waals surface area (Å²) < 4.78 is 7.20. The highest BCUT2D eigenvalue weighted by Gasteiger charge is 2.40. The highest BCUT2D eigenvalue weighted by atomic mass is 35.5. The maximum atomic E-state index is 12.7. The summed E-state index contributed by atoms with van der Waals surface area (Å²) in [6.45, 7) is 14.2. The number of halogens is 1. The van der Waals surface area contributed by atoms with Gasteiger partial charge in [-0.15, -0.1) is 0 Å². The smallest absolute Gasteiger partial charge is 0.379 e. The highest BCUT2D eigenvalue weighted by molar-refractivity contribution is 6.30. The van der Waals surface area contributed by atoms with E-state index in [1.54, 1.807) is 44.4 Å². The van der Waals surface area contributed by atoms with Crippen LogP contribution in [0.3, 0.4) is 0 Å². The molecule has 2 aliphatic rings. The summed E-state index contributed by atoms with van der Waals surface area (Å²) in [7, 11) is 1.86. The first-order valence-electron chi connectivity index (χ1n) is 12.8. The minimum absolute atomic E-state index is 0.234. The van der Waals surface area contributed by atoms with Gasteiger partial charge in [-0.3, -0.25) is 14.7 Å². The lowest BCUT2D eigenvalue weighted by Gasteiger charge is -2.39. The van der Waals surface area contributed by atoms with Crippen molar-refractivity contribution in [1.82, 2.24) is 24.3 Å². The fourth-order valence-corrected chi connectivity index (χ4v) is 5.53. The lowest BCUT2D eigenvalue weighted by molar-refractivity contribution is 0.0236. The van der Waals surface area contributed by atoms with Crippen LogP contribution >= 0.6 is 11.6 Å². The maximum Gasteiger partial charge on any atom is 0.415 e. The Morgan fingerprint density at radius 1 is 1.21 bits per heavy atom. The normalized spacial score (nSPS) is 19.2. The molecule has 1 N–H and O–H groups in total. The third-order valence-electron chi connectivity index (χ3n) is 7.41. The number of imidazole rings is 1. The molecule has 1 saturated heterocycles. The molecular weight excluding hydrogens is 516 g/mol. The van der Waals surface area contributed by atoms with Gasteiger partial charge in [0.25, 0.3) is 0 Å². The van der Waals surface area contributed by atoms with Crippen molar-refractivity contribution in [3.63, 3.8) is 0 Å². The van der Waals surface area contributed by atoms with Crippen LogP contribution in [0.2, 0.25) is 5.02 Å². The number of hydrogen-bond donors (Lipinski definition) is 1. The number of pyridine rings is 1. The summed E-state index contributed by atoms with van der Waals surface area (Å²) in [4.78, 5) is 29.1. The zero-order valence-electron chi connectivity index (χ0n) is 22.4. The van der Waals surface area contributed by atoms with Crippen LogP contribution < -0.4 is 0 Å². The van der Waals surface area contributed by atoms with E-state index in [-0.39, 0.29) is 6.04 Å². The minimum Gasteiger partial charge on any atom is -0.379 e. The van der Waals surface area contributed by atoms with Gasteiger partial charge in [0.05, 0.1) is 43.8 Å². The van der Waals surface area contributed by atoms with Crippen molar-refractivity contribution in [1.29, 1.82) is 0 Å². The monoisotopic (exact) mass is 546 g/mol. The molecule has 3 heterocycles. The molecular formula is C29H31ClN6O3. The van der Waals surface area contributed by atoms with Gasteiger partial charge < -0.3 is 19.3 Å². The first-order chi connectivity index (χ1) is 18.5. The number of piperazine rings is 1. The number of fused-ring (bicyclic) bond motifs is 2. The van der Waals surface area contributed by atoms with Crippen LogP contribution in [0.15, 0.2) is 49.1 Å². The Hall–Kier alpha value is -3.71. The van der Waals surface area contributed by atoms with Gasteiger partial charge in [-0.1, -0.05) is 23.7 Å². The fourth-order valence-electron chi connectivity index (χ4n) is 5.36. The van der Waals surface area contributed by atoms with Crippen LogP contribution in [0.1, 0.15) is 54.9 Å². The lowest BCUT2D eigenvalue weighted by atomic mass is 9.84. The highest BCUT2D eigenvalue weighted by Crippen LogP contribution is 2.46. The van der Waals surface area contributed by atoms with E-state index in [1.807, 2.05) is 48.0 Å². The molecule has 0 bridgehead atoms. The predicted octanol–water partition coefficient (Wildman–Crippen LogP) is 4.73. The maximum absolute atomic E-state index is 12.7. The van der Waals surface area contributed by atoms with Crippen molar-refractivity contribution in [2.45, 2.75) is 38.1 Å². The number of benzene rings is 1. The molecule has 10 heteroatoms. The van der Waals surface area contributed by atoms with Crippen molar-refractivity contribution < 1.29 is 14.6 Å². The number of ether oxygens (including phenoxy) is 1. The van der Waals surface area contributed by atoms with Crippen molar-refractivity contribution in [2.24, 2.45) is 7.05 Å². The van der Waals surface area contributed by atoms with E-state index in [2.05, 4.69) is 14.7 Å². The minimum atomic E-state index is -1.37. The van der Waals surface area contributed by atoms with Crippen LogP contribution in [-0.2, 0) is 17.4 Å². The van der Waals surface area contributed by atoms with E-state index in [9.17, 15) is 9.90 Å².